The normalized spacial score (nSPS) is 17.4. The standard InChI is InChI=1S/C14H17NO3S2/c1-9(13(17)18)15-12(16)10-3-5-11(6-4-10)14-19-7-2-8-20-14/h3-6,9,14H,2,7-8H2,1H3,(H,15,16)(H,17,18)/t9-/m1/s1. The molecule has 108 valence electrons. The fourth-order valence-corrected chi connectivity index (χ4v) is 4.71. The van der Waals surface area contributed by atoms with Crippen LogP contribution in [0.2, 0.25) is 0 Å². The van der Waals surface area contributed by atoms with Crippen molar-refractivity contribution in [2.45, 2.75) is 24.0 Å². The number of carboxylic acids is 1. The van der Waals surface area contributed by atoms with E-state index in [0.717, 1.165) is 0 Å². The minimum Gasteiger partial charge on any atom is -0.480 e. The summed E-state index contributed by atoms with van der Waals surface area (Å²) in [7, 11) is 0. The van der Waals surface area contributed by atoms with Gasteiger partial charge in [-0.05, 0) is 42.5 Å². The third kappa shape index (κ3) is 3.93. The van der Waals surface area contributed by atoms with Crippen molar-refractivity contribution < 1.29 is 14.7 Å². The Balaban J connectivity index is 2.00. The van der Waals surface area contributed by atoms with Gasteiger partial charge < -0.3 is 10.4 Å². The number of carbonyl (C=O) groups excluding carboxylic acids is 1. The van der Waals surface area contributed by atoms with Crippen LogP contribution in [0, 0.1) is 0 Å². The fraction of sp³-hybridized carbons (Fsp3) is 0.429. The highest BCUT2D eigenvalue weighted by Gasteiger charge is 2.18. The van der Waals surface area contributed by atoms with Crippen molar-refractivity contribution >= 4 is 35.4 Å². The summed E-state index contributed by atoms with van der Waals surface area (Å²) in [6, 6.07) is 6.54. The largest absolute Gasteiger partial charge is 0.480 e. The maximum absolute atomic E-state index is 11.9. The average Bonchev–Trinajstić information content (AvgIpc) is 2.48. The highest BCUT2D eigenvalue weighted by Crippen LogP contribution is 2.43. The van der Waals surface area contributed by atoms with Crippen LogP contribution < -0.4 is 5.32 Å². The molecule has 20 heavy (non-hydrogen) atoms. The third-order valence-electron chi connectivity index (χ3n) is 2.99. The molecule has 2 rings (SSSR count). The first-order chi connectivity index (χ1) is 9.58. The summed E-state index contributed by atoms with van der Waals surface area (Å²) in [6.45, 7) is 1.45. The van der Waals surface area contributed by atoms with Gasteiger partial charge in [0.15, 0.2) is 0 Å². The molecular weight excluding hydrogens is 294 g/mol. The van der Waals surface area contributed by atoms with Crippen LogP contribution >= 0.6 is 23.5 Å². The van der Waals surface area contributed by atoms with Crippen LogP contribution in [-0.4, -0.2) is 34.5 Å². The van der Waals surface area contributed by atoms with E-state index < -0.39 is 12.0 Å². The van der Waals surface area contributed by atoms with Crippen molar-refractivity contribution in [1.29, 1.82) is 0 Å². The van der Waals surface area contributed by atoms with Crippen LogP contribution in [0.5, 0.6) is 0 Å². The summed E-state index contributed by atoms with van der Waals surface area (Å²) in [5.74, 6) is 0.965. The van der Waals surface area contributed by atoms with Gasteiger partial charge in [-0.25, -0.2) is 0 Å². The van der Waals surface area contributed by atoms with Crippen molar-refractivity contribution in [1.82, 2.24) is 5.32 Å². The highest BCUT2D eigenvalue weighted by atomic mass is 32.2. The van der Waals surface area contributed by atoms with E-state index in [9.17, 15) is 9.59 Å². The molecule has 1 amide bonds. The van der Waals surface area contributed by atoms with Gasteiger partial charge in [0.25, 0.3) is 5.91 Å². The Hall–Kier alpha value is -1.14. The quantitative estimate of drug-likeness (QED) is 0.895. The summed E-state index contributed by atoms with van der Waals surface area (Å²) in [5, 5.41) is 11.2. The number of thioether (sulfide) groups is 2. The Kier molecular flexibility index (Phi) is 5.37. The van der Waals surface area contributed by atoms with E-state index in [1.54, 1.807) is 12.1 Å². The molecule has 1 fully saturated rings. The topological polar surface area (TPSA) is 66.4 Å². The smallest absolute Gasteiger partial charge is 0.325 e. The van der Waals surface area contributed by atoms with Gasteiger partial charge in [0, 0.05) is 5.56 Å². The molecular formula is C14H17NO3S2. The Morgan fingerprint density at radius 1 is 1.25 bits per heavy atom. The summed E-state index contributed by atoms with van der Waals surface area (Å²) < 4.78 is 0.443. The number of amides is 1. The van der Waals surface area contributed by atoms with Crippen molar-refractivity contribution in [2.24, 2.45) is 0 Å². The molecule has 0 saturated carbocycles. The minimum atomic E-state index is -1.04. The second-order valence-electron chi connectivity index (χ2n) is 4.58. The Morgan fingerprint density at radius 3 is 2.40 bits per heavy atom. The molecule has 0 aromatic heterocycles. The van der Waals surface area contributed by atoms with E-state index in [2.05, 4.69) is 5.32 Å². The van der Waals surface area contributed by atoms with Crippen LogP contribution in [-0.2, 0) is 4.79 Å². The first kappa shape index (κ1) is 15.3. The molecule has 0 spiro atoms. The zero-order valence-corrected chi connectivity index (χ0v) is 12.8. The van der Waals surface area contributed by atoms with Gasteiger partial charge in [-0.15, -0.1) is 23.5 Å². The first-order valence-corrected chi connectivity index (χ1v) is 8.54. The lowest BCUT2D eigenvalue weighted by Crippen LogP contribution is -2.38. The van der Waals surface area contributed by atoms with Crippen molar-refractivity contribution in [3.05, 3.63) is 35.4 Å². The third-order valence-corrected chi connectivity index (χ3v) is 6.01. The lowest BCUT2D eigenvalue weighted by atomic mass is 10.1. The Bertz CT molecular complexity index is 484. The predicted molar refractivity (Wildman–Crippen MR) is 83.3 cm³/mol. The second-order valence-corrected chi connectivity index (χ2v) is 7.31. The summed E-state index contributed by atoms with van der Waals surface area (Å²) in [4.78, 5) is 22.6. The fourth-order valence-electron chi connectivity index (χ4n) is 1.81. The zero-order chi connectivity index (χ0) is 14.5. The van der Waals surface area contributed by atoms with Gasteiger partial charge in [-0.3, -0.25) is 9.59 Å². The molecule has 6 heteroatoms. The van der Waals surface area contributed by atoms with Crippen molar-refractivity contribution in [2.75, 3.05) is 11.5 Å². The molecule has 0 aliphatic carbocycles. The van der Waals surface area contributed by atoms with Gasteiger partial charge in [0.1, 0.15) is 6.04 Å². The molecule has 1 aliphatic rings. The van der Waals surface area contributed by atoms with Gasteiger partial charge in [-0.1, -0.05) is 12.1 Å². The SMILES string of the molecule is C[C@@H](NC(=O)c1ccc(C2SCCCS2)cc1)C(=O)O. The summed E-state index contributed by atoms with van der Waals surface area (Å²) >= 11 is 3.86. The number of hydrogen-bond donors (Lipinski definition) is 2. The lowest BCUT2D eigenvalue weighted by molar-refractivity contribution is -0.138. The molecule has 1 heterocycles. The molecule has 0 radical (unpaired) electrons. The Morgan fingerprint density at radius 2 is 1.85 bits per heavy atom. The van der Waals surface area contributed by atoms with Gasteiger partial charge in [-0.2, -0.15) is 0 Å². The number of rotatable bonds is 4. The molecule has 1 atom stereocenters. The van der Waals surface area contributed by atoms with Crippen LogP contribution in [0.15, 0.2) is 24.3 Å². The monoisotopic (exact) mass is 311 g/mol. The molecule has 2 N–H and O–H groups in total. The predicted octanol–water partition coefficient (Wildman–Crippen LogP) is 2.76. The molecule has 0 unspecified atom stereocenters. The number of aliphatic carboxylic acids is 1. The molecule has 1 aromatic rings. The van der Waals surface area contributed by atoms with E-state index in [1.165, 1.54) is 30.4 Å². The molecule has 1 aliphatic heterocycles. The van der Waals surface area contributed by atoms with E-state index in [1.807, 2.05) is 35.7 Å². The van der Waals surface area contributed by atoms with Crippen LogP contribution in [0.1, 0.15) is 33.8 Å². The van der Waals surface area contributed by atoms with Crippen molar-refractivity contribution in [3.8, 4) is 0 Å². The zero-order valence-electron chi connectivity index (χ0n) is 11.2. The minimum absolute atomic E-state index is 0.351. The van der Waals surface area contributed by atoms with Crippen LogP contribution in [0.4, 0.5) is 0 Å². The number of carbonyl (C=O) groups is 2. The van der Waals surface area contributed by atoms with E-state index >= 15 is 0 Å². The first-order valence-electron chi connectivity index (χ1n) is 6.45. The number of nitrogens with one attached hydrogen (secondary N) is 1. The molecule has 4 nitrogen and oxygen atoms in total. The van der Waals surface area contributed by atoms with E-state index in [4.69, 9.17) is 5.11 Å². The lowest BCUT2D eigenvalue weighted by Gasteiger charge is -2.21. The summed E-state index contributed by atoms with van der Waals surface area (Å²) in [5.41, 5.74) is 1.70. The highest BCUT2D eigenvalue weighted by molar-refractivity contribution is 8.16. The molecule has 1 aromatic carbocycles. The van der Waals surface area contributed by atoms with Crippen LogP contribution in [0.25, 0.3) is 0 Å². The Labute approximate surface area is 126 Å². The van der Waals surface area contributed by atoms with Crippen molar-refractivity contribution in [3.63, 3.8) is 0 Å². The van der Waals surface area contributed by atoms with Gasteiger partial charge >= 0.3 is 5.97 Å². The van der Waals surface area contributed by atoms with Crippen LogP contribution in [0.3, 0.4) is 0 Å². The second kappa shape index (κ2) is 7.04. The number of hydrogen-bond acceptors (Lipinski definition) is 4. The maximum atomic E-state index is 11.9. The van der Waals surface area contributed by atoms with E-state index in [-0.39, 0.29) is 5.91 Å². The number of benzene rings is 1. The van der Waals surface area contributed by atoms with Gasteiger partial charge in [0.2, 0.25) is 0 Å². The molecule has 1 saturated heterocycles. The van der Waals surface area contributed by atoms with Gasteiger partial charge in [0.05, 0.1) is 4.58 Å². The van der Waals surface area contributed by atoms with E-state index in [0.29, 0.717) is 10.1 Å². The summed E-state index contributed by atoms with van der Waals surface area (Å²) in [6.07, 6.45) is 1.25. The average molecular weight is 311 g/mol. The number of carboxylic acid groups (broad SMARTS) is 1. The molecule has 0 bridgehead atoms. The maximum Gasteiger partial charge on any atom is 0.325 e.